The van der Waals surface area contributed by atoms with Gasteiger partial charge in [0.15, 0.2) is 6.10 Å². The van der Waals surface area contributed by atoms with E-state index in [0.29, 0.717) is 17.4 Å². The van der Waals surface area contributed by atoms with Crippen molar-refractivity contribution in [3.63, 3.8) is 0 Å². The van der Waals surface area contributed by atoms with Crippen molar-refractivity contribution < 1.29 is 37.3 Å². The molecule has 0 amide bonds. The molecule has 0 fully saturated rings. The second-order valence-corrected chi connectivity index (χ2v) is 19.7. The van der Waals surface area contributed by atoms with E-state index in [4.69, 9.17) is 18.5 Å². The molecule has 1 unspecified atom stereocenters. The fourth-order valence-corrected chi connectivity index (χ4v) is 8.01. The van der Waals surface area contributed by atoms with Gasteiger partial charge in [0.25, 0.3) is 7.82 Å². The number of hydrogen-bond donors (Lipinski definition) is 0. The molecule has 0 radical (unpaired) electrons. The summed E-state index contributed by atoms with van der Waals surface area (Å²) in [6, 6.07) is 0. The largest absolute Gasteiger partial charge is 0.756 e. The quantitative estimate of drug-likeness (QED) is 0.0198. The van der Waals surface area contributed by atoms with E-state index in [1.807, 2.05) is 27.2 Å². The molecule has 2 atom stereocenters. The van der Waals surface area contributed by atoms with Crippen LogP contribution in [0.1, 0.15) is 245 Å². The standard InChI is InChI=1S/C49H98NO7P/c1-6-8-10-12-14-16-18-20-22-24-25-26-27-28-30-32-34-36-38-40-42-49(51)57-48(47-56-58(52,53)55-45-43-50(3,4)5)46-54-44-41-39-37-35-33-31-29-23-21-19-17-15-13-11-9-7-2/h41,44,48H,6-40,42-43,45-47H2,1-5H3/b44-41+/t48-/m1/s1. The molecule has 0 spiro atoms. The van der Waals surface area contributed by atoms with Crippen molar-refractivity contribution in [2.45, 2.75) is 251 Å². The molecular weight excluding hydrogens is 746 g/mol. The Labute approximate surface area is 360 Å². The third-order valence-electron chi connectivity index (χ3n) is 11.2. The molecule has 0 bridgehead atoms. The first-order valence-electron chi connectivity index (χ1n) is 25.0. The number of carbonyl (C=O) groups excluding carboxylic acids is 1. The monoisotopic (exact) mass is 844 g/mol. The highest BCUT2D eigenvalue weighted by Crippen LogP contribution is 2.38. The molecule has 8 nitrogen and oxygen atoms in total. The number of quaternary nitrogens is 1. The summed E-state index contributed by atoms with van der Waals surface area (Å²) in [6.45, 7) is 4.79. The van der Waals surface area contributed by atoms with Crippen molar-refractivity contribution in [1.82, 2.24) is 0 Å². The molecule has 58 heavy (non-hydrogen) atoms. The van der Waals surface area contributed by atoms with E-state index in [1.165, 1.54) is 193 Å². The van der Waals surface area contributed by atoms with Crippen LogP contribution in [0, 0.1) is 0 Å². The van der Waals surface area contributed by atoms with Gasteiger partial charge in [0.2, 0.25) is 0 Å². The Bertz CT molecular complexity index is 940. The minimum absolute atomic E-state index is 0.0205. The van der Waals surface area contributed by atoms with Crippen LogP contribution >= 0.6 is 7.82 Å². The number of ether oxygens (including phenoxy) is 2. The summed E-state index contributed by atoms with van der Waals surface area (Å²) in [5.74, 6) is -0.349. The fourth-order valence-electron chi connectivity index (χ4n) is 7.28. The first-order chi connectivity index (χ1) is 28.1. The summed E-state index contributed by atoms with van der Waals surface area (Å²) < 4.78 is 34.5. The van der Waals surface area contributed by atoms with Crippen LogP contribution in [-0.4, -0.2) is 64.1 Å². The van der Waals surface area contributed by atoms with Gasteiger partial charge in [-0.05, 0) is 25.3 Å². The van der Waals surface area contributed by atoms with Crippen LogP contribution in [0.25, 0.3) is 0 Å². The molecule has 0 aromatic carbocycles. The van der Waals surface area contributed by atoms with Crippen LogP contribution in [0.15, 0.2) is 12.3 Å². The van der Waals surface area contributed by atoms with Crippen LogP contribution in [0.5, 0.6) is 0 Å². The number of phosphoric ester groups is 1. The van der Waals surface area contributed by atoms with Crippen LogP contribution < -0.4 is 4.89 Å². The molecule has 0 N–H and O–H groups in total. The van der Waals surface area contributed by atoms with E-state index in [-0.39, 0.29) is 25.8 Å². The summed E-state index contributed by atoms with van der Waals surface area (Å²) in [7, 11) is 1.34. The Balaban J connectivity index is 4.15. The van der Waals surface area contributed by atoms with Crippen molar-refractivity contribution in [3.05, 3.63) is 12.3 Å². The second-order valence-electron chi connectivity index (χ2n) is 18.3. The molecule has 0 aliphatic carbocycles. The molecular formula is C49H98NO7P. The van der Waals surface area contributed by atoms with Gasteiger partial charge in [0.05, 0.1) is 34.0 Å². The minimum Gasteiger partial charge on any atom is -0.756 e. The third kappa shape index (κ3) is 46.2. The maximum atomic E-state index is 12.7. The van der Waals surface area contributed by atoms with Crippen LogP contribution in [-0.2, 0) is 27.9 Å². The Hall–Kier alpha value is -0.920. The van der Waals surface area contributed by atoms with Gasteiger partial charge in [-0.15, -0.1) is 0 Å². The number of carbonyl (C=O) groups is 1. The van der Waals surface area contributed by atoms with E-state index in [2.05, 4.69) is 13.8 Å². The lowest BCUT2D eigenvalue weighted by atomic mass is 10.0. The van der Waals surface area contributed by atoms with E-state index in [9.17, 15) is 14.3 Å². The fraction of sp³-hybridized carbons (Fsp3) is 0.939. The summed E-state index contributed by atoms with van der Waals surface area (Å²) >= 11 is 0. The van der Waals surface area contributed by atoms with Gasteiger partial charge in [-0.25, -0.2) is 0 Å². The maximum absolute atomic E-state index is 12.7. The average Bonchev–Trinajstić information content (AvgIpc) is 3.18. The van der Waals surface area contributed by atoms with Gasteiger partial charge in [-0.1, -0.05) is 219 Å². The minimum atomic E-state index is -4.54. The number of likely N-dealkylation sites (N-methyl/N-ethyl adjacent to an activating group) is 1. The van der Waals surface area contributed by atoms with E-state index in [0.717, 1.165) is 32.1 Å². The third-order valence-corrected chi connectivity index (χ3v) is 12.1. The molecule has 346 valence electrons. The summed E-state index contributed by atoms with van der Waals surface area (Å²) in [4.78, 5) is 25.1. The van der Waals surface area contributed by atoms with Crippen molar-refractivity contribution in [2.24, 2.45) is 0 Å². The van der Waals surface area contributed by atoms with Gasteiger partial charge >= 0.3 is 5.97 Å². The normalized spacial score (nSPS) is 13.6. The summed E-state index contributed by atoms with van der Waals surface area (Å²) in [5.41, 5.74) is 0. The van der Waals surface area contributed by atoms with Gasteiger partial charge in [0.1, 0.15) is 19.8 Å². The highest BCUT2D eigenvalue weighted by Gasteiger charge is 2.20. The molecule has 0 rings (SSSR count). The smallest absolute Gasteiger partial charge is 0.306 e. The zero-order chi connectivity index (χ0) is 42.7. The zero-order valence-corrected chi connectivity index (χ0v) is 40.2. The number of unbranched alkanes of at least 4 members (excludes halogenated alkanes) is 33. The SMILES string of the molecule is CCCCCCCCCCCCCCCC/C=C/OC[C@H](COP(=O)([O-])OCC[N+](C)(C)C)OC(=O)CCCCCCCCCCCCCCCCCCCCCC. The lowest BCUT2D eigenvalue weighted by Crippen LogP contribution is -2.37. The predicted molar refractivity (Wildman–Crippen MR) is 245 cm³/mol. The van der Waals surface area contributed by atoms with Gasteiger partial charge < -0.3 is 27.9 Å². The molecule has 0 saturated carbocycles. The van der Waals surface area contributed by atoms with Crippen LogP contribution in [0.4, 0.5) is 0 Å². The zero-order valence-electron chi connectivity index (χ0n) is 39.3. The topological polar surface area (TPSA) is 94.1 Å². The van der Waals surface area contributed by atoms with Gasteiger partial charge in [-0.2, -0.15) is 0 Å². The number of nitrogens with zero attached hydrogens (tertiary/aromatic N) is 1. The second kappa shape index (κ2) is 42.8. The number of esters is 1. The van der Waals surface area contributed by atoms with E-state index >= 15 is 0 Å². The molecule has 0 aliphatic rings. The van der Waals surface area contributed by atoms with Gasteiger partial charge in [-0.3, -0.25) is 9.36 Å². The Morgan fingerprint density at radius 1 is 0.534 bits per heavy atom. The predicted octanol–water partition coefficient (Wildman–Crippen LogP) is 14.7. The molecule has 0 heterocycles. The van der Waals surface area contributed by atoms with Crippen molar-refractivity contribution >= 4 is 13.8 Å². The van der Waals surface area contributed by atoms with Crippen molar-refractivity contribution in [1.29, 1.82) is 0 Å². The van der Waals surface area contributed by atoms with Crippen molar-refractivity contribution in [2.75, 3.05) is 47.5 Å². The molecule has 0 aliphatic heterocycles. The summed E-state index contributed by atoms with van der Waals surface area (Å²) in [5, 5.41) is 0. The molecule has 9 heteroatoms. The lowest BCUT2D eigenvalue weighted by molar-refractivity contribution is -0.870. The van der Waals surface area contributed by atoms with E-state index in [1.54, 1.807) is 6.26 Å². The molecule has 0 aromatic heterocycles. The van der Waals surface area contributed by atoms with Crippen molar-refractivity contribution in [3.8, 4) is 0 Å². The first-order valence-corrected chi connectivity index (χ1v) is 26.4. The first kappa shape index (κ1) is 57.1. The molecule has 0 aromatic rings. The molecule has 0 saturated heterocycles. The Kier molecular flexibility index (Phi) is 42.1. The lowest BCUT2D eigenvalue weighted by Gasteiger charge is -2.28. The Morgan fingerprint density at radius 2 is 0.897 bits per heavy atom. The van der Waals surface area contributed by atoms with Gasteiger partial charge in [0, 0.05) is 6.42 Å². The summed E-state index contributed by atoms with van der Waals surface area (Å²) in [6.07, 6.45) is 49.0. The Morgan fingerprint density at radius 3 is 1.28 bits per heavy atom. The average molecular weight is 844 g/mol. The van der Waals surface area contributed by atoms with E-state index < -0.39 is 13.9 Å². The number of allylic oxidation sites excluding steroid dienone is 1. The number of hydrogen-bond acceptors (Lipinski definition) is 7. The highest BCUT2D eigenvalue weighted by atomic mass is 31.2. The number of rotatable bonds is 47. The highest BCUT2D eigenvalue weighted by molar-refractivity contribution is 7.45. The van der Waals surface area contributed by atoms with Crippen LogP contribution in [0.3, 0.4) is 0 Å². The number of phosphoric acid groups is 1. The van der Waals surface area contributed by atoms with Crippen LogP contribution in [0.2, 0.25) is 0 Å². The maximum Gasteiger partial charge on any atom is 0.306 e.